The van der Waals surface area contributed by atoms with Crippen LogP contribution in [0.1, 0.15) is 48.9 Å². The zero-order valence-electron chi connectivity index (χ0n) is 15.5. The highest BCUT2D eigenvalue weighted by molar-refractivity contribution is 5.77. The van der Waals surface area contributed by atoms with Gasteiger partial charge >= 0.3 is 5.76 Å². The van der Waals surface area contributed by atoms with Crippen LogP contribution in [0.5, 0.6) is 0 Å². The summed E-state index contributed by atoms with van der Waals surface area (Å²) < 4.78 is 6.72. The lowest BCUT2D eigenvalue weighted by Gasteiger charge is -2.20. The molecular formula is C22H24N2O3. The molecule has 0 saturated carbocycles. The Morgan fingerprint density at radius 3 is 2.78 bits per heavy atom. The predicted molar refractivity (Wildman–Crippen MR) is 105 cm³/mol. The van der Waals surface area contributed by atoms with Gasteiger partial charge in [-0.3, -0.25) is 9.36 Å². The molecule has 0 radical (unpaired) electrons. The van der Waals surface area contributed by atoms with E-state index in [1.807, 2.05) is 25.1 Å². The van der Waals surface area contributed by atoms with Gasteiger partial charge < -0.3 is 9.73 Å². The molecule has 1 atom stereocenters. The van der Waals surface area contributed by atoms with Crippen molar-refractivity contribution in [2.45, 2.75) is 51.6 Å². The number of amides is 1. The SMILES string of the molecule is C[C@@H](NC(=O)CCn1c(=O)oc2ccccc21)c1ccc2c(c1)CCCC2. The molecule has 3 aromatic rings. The summed E-state index contributed by atoms with van der Waals surface area (Å²) in [4.78, 5) is 24.4. The summed E-state index contributed by atoms with van der Waals surface area (Å²) in [5, 5.41) is 3.05. The largest absolute Gasteiger partial charge is 0.419 e. The lowest BCUT2D eigenvalue weighted by Crippen LogP contribution is -2.28. The second kappa shape index (κ2) is 7.43. The molecule has 140 valence electrons. The lowest BCUT2D eigenvalue weighted by atomic mass is 9.89. The van der Waals surface area contributed by atoms with Crippen molar-refractivity contribution in [1.29, 1.82) is 0 Å². The topological polar surface area (TPSA) is 64.2 Å². The third kappa shape index (κ3) is 3.68. The van der Waals surface area contributed by atoms with Crippen molar-refractivity contribution in [1.82, 2.24) is 9.88 Å². The third-order valence-corrected chi connectivity index (χ3v) is 5.39. The van der Waals surface area contributed by atoms with Gasteiger partial charge in [0.25, 0.3) is 0 Å². The molecule has 1 amide bonds. The number of carbonyl (C=O) groups is 1. The fourth-order valence-corrected chi connectivity index (χ4v) is 3.86. The molecule has 5 heteroatoms. The molecule has 1 aromatic heterocycles. The predicted octanol–water partition coefficient (Wildman–Crippen LogP) is 3.74. The average molecular weight is 364 g/mol. The minimum Gasteiger partial charge on any atom is -0.408 e. The maximum absolute atomic E-state index is 12.4. The first-order valence-electron chi connectivity index (χ1n) is 9.61. The Kier molecular flexibility index (Phi) is 4.84. The van der Waals surface area contributed by atoms with E-state index in [-0.39, 0.29) is 18.4 Å². The molecule has 27 heavy (non-hydrogen) atoms. The number of para-hydroxylation sites is 2. The standard InChI is InChI=1S/C22H24N2O3/c1-15(17-11-10-16-6-2-3-7-18(16)14-17)23-21(25)12-13-24-19-8-4-5-9-20(19)27-22(24)26/h4-5,8-11,14-15H,2-3,6-7,12-13H2,1H3,(H,23,25)/t15-/m1/s1. The first kappa shape index (κ1) is 17.6. The second-order valence-electron chi connectivity index (χ2n) is 7.26. The highest BCUT2D eigenvalue weighted by Crippen LogP contribution is 2.24. The first-order chi connectivity index (χ1) is 13.1. The van der Waals surface area contributed by atoms with Gasteiger partial charge in [0.15, 0.2) is 5.58 Å². The summed E-state index contributed by atoms with van der Waals surface area (Å²) in [5.74, 6) is -0.496. The summed E-state index contributed by atoms with van der Waals surface area (Å²) in [5.41, 5.74) is 5.25. The Hall–Kier alpha value is -2.82. The van der Waals surface area contributed by atoms with E-state index in [2.05, 4.69) is 23.5 Å². The highest BCUT2D eigenvalue weighted by atomic mass is 16.4. The summed E-state index contributed by atoms with van der Waals surface area (Å²) in [6, 6.07) is 13.7. The van der Waals surface area contributed by atoms with Crippen molar-refractivity contribution in [3.05, 3.63) is 69.7 Å². The van der Waals surface area contributed by atoms with E-state index in [4.69, 9.17) is 4.42 Å². The van der Waals surface area contributed by atoms with Gasteiger partial charge in [-0.15, -0.1) is 0 Å². The molecule has 1 N–H and O–H groups in total. The van der Waals surface area contributed by atoms with Gasteiger partial charge in [-0.25, -0.2) is 4.79 Å². The zero-order valence-corrected chi connectivity index (χ0v) is 15.5. The number of rotatable bonds is 5. The van der Waals surface area contributed by atoms with E-state index in [0.717, 1.165) is 23.9 Å². The molecule has 1 heterocycles. The summed E-state index contributed by atoms with van der Waals surface area (Å²) >= 11 is 0. The Balaban J connectivity index is 1.40. The van der Waals surface area contributed by atoms with Crippen molar-refractivity contribution in [3.63, 3.8) is 0 Å². The number of benzene rings is 2. The summed E-state index contributed by atoms with van der Waals surface area (Å²) in [6.45, 7) is 2.31. The van der Waals surface area contributed by atoms with Crippen molar-refractivity contribution < 1.29 is 9.21 Å². The molecule has 1 aliphatic carbocycles. The smallest absolute Gasteiger partial charge is 0.408 e. The maximum atomic E-state index is 12.4. The fourth-order valence-electron chi connectivity index (χ4n) is 3.86. The van der Waals surface area contributed by atoms with Crippen molar-refractivity contribution in [2.75, 3.05) is 0 Å². The lowest BCUT2D eigenvalue weighted by molar-refractivity contribution is -0.121. The normalized spacial score (nSPS) is 14.7. The van der Waals surface area contributed by atoms with Gasteiger partial charge in [-0.1, -0.05) is 30.3 Å². The second-order valence-corrected chi connectivity index (χ2v) is 7.26. The van der Waals surface area contributed by atoms with Gasteiger partial charge in [-0.2, -0.15) is 0 Å². The molecule has 4 rings (SSSR count). The van der Waals surface area contributed by atoms with E-state index in [1.165, 1.54) is 28.5 Å². The first-order valence-corrected chi connectivity index (χ1v) is 9.61. The Morgan fingerprint density at radius 2 is 1.93 bits per heavy atom. The van der Waals surface area contributed by atoms with Crippen LogP contribution in [-0.2, 0) is 24.2 Å². The molecule has 5 nitrogen and oxygen atoms in total. The van der Waals surface area contributed by atoms with E-state index >= 15 is 0 Å². The Morgan fingerprint density at radius 1 is 1.15 bits per heavy atom. The van der Waals surface area contributed by atoms with Crippen molar-refractivity contribution >= 4 is 17.0 Å². The molecule has 0 aliphatic heterocycles. The molecule has 0 unspecified atom stereocenters. The molecule has 2 aromatic carbocycles. The van der Waals surface area contributed by atoms with Gasteiger partial charge in [0.1, 0.15) is 0 Å². The molecular weight excluding hydrogens is 340 g/mol. The van der Waals surface area contributed by atoms with Crippen LogP contribution in [0.15, 0.2) is 51.7 Å². The van der Waals surface area contributed by atoms with E-state index in [1.54, 1.807) is 6.07 Å². The average Bonchev–Trinajstić information content (AvgIpc) is 3.01. The summed E-state index contributed by atoms with van der Waals surface area (Å²) in [7, 11) is 0. The minimum atomic E-state index is -0.424. The molecule has 0 spiro atoms. The monoisotopic (exact) mass is 364 g/mol. The van der Waals surface area contributed by atoms with Crippen LogP contribution in [-0.4, -0.2) is 10.5 Å². The number of hydrogen-bond donors (Lipinski definition) is 1. The zero-order chi connectivity index (χ0) is 18.8. The van der Waals surface area contributed by atoms with Gasteiger partial charge in [0.05, 0.1) is 11.6 Å². The number of nitrogens with one attached hydrogen (secondary N) is 1. The van der Waals surface area contributed by atoms with E-state index < -0.39 is 5.76 Å². The third-order valence-electron chi connectivity index (χ3n) is 5.39. The quantitative estimate of drug-likeness (QED) is 0.750. The van der Waals surface area contributed by atoms with Crippen molar-refractivity contribution in [3.8, 4) is 0 Å². The van der Waals surface area contributed by atoms with Crippen molar-refractivity contribution in [2.24, 2.45) is 0 Å². The fraction of sp³-hybridized carbons (Fsp3) is 0.364. The van der Waals surface area contributed by atoms with Gasteiger partial charge in [0.2, 0.25) is 5.91 Å². The van der Waals surface area contributed by atoms with Crippen LogP contribution < -0.4 is 11.1 Å². The molecule has 1 aliphatic rings. The Bertz CT molecular complexity index is 1030. The van der Waals surface area contributed by atoms with Gasteiger partial charge in [0, 0.05) is 13.0 Å². The van der Waals surface area contributed by atoms with Gasteiger partial charge in [-0.05, 0) is 61.4 Å². The van der Waals surface area contributed by atoms with Crippen LogP contribution >= 0.6 is 0 Å². The Labute approximate surface area is 158 Å². The number of carbonyl (C=O) groups excluding carboxylic acids is 1. The number of nitrogens with zero attached hydrogens (tertiary/aromatic N) is 1. The van der Waals surface area contributed by atoms with Crippen LogP contribution in [0.3, 0.4) is 0 Å². The number of oxazole rings is 1. The molecule has 0 bridgehead atoms. The number of hydrogen-bond acceptors (Lipinski definition) is 3. The number of aromatic nitrogens is 1. The van der Waals surface area contributed by atoms with Crippen LogP contribution in [0.2, 0.25) is 0 Å². The maximum Gasteiger partial charge on any atom is 0.419 e. The summed E-state index contributed by atoms with van der Waals surface area (Å²) in [6.07, 6.45) is 5.02. The minimum absolute atomic E-state index is 0.0532. The number of aryl methyl sites for hydroxylation is 3. The van der Waals surface area contributed by atoms with E-state index in [0.29, 0.717) is 12.1 Å². The highest BCUT2D eigenvalue weighted by Gasteiger charge is 2.15. The van der Waals surface area contributed by atoms with Crippen LogP contribution in [0, 0.1) is 0 Å². The number of fused-ring (bicyclic) bond motifs is 2. The molecule has 0 saturated heterocycles. The van der Waals surface area contributed by atoms with E-state index in [9.17, 15) is 9.59 Å². The molecule has 0 fully saturated rings. The van der Waals surface area contributed by atoms with Crippen LogP contribution in [0.4, 0.5) is 0 Å². The van der Waals surface area contributed by atoms with Crippen LogP contribution in [0.25, 0.3) is 11.1 Å².